The topological polar surface area (TPSA) is 41.3 Å². The highest BCUT2D eigenvalue weighted by molar-refractivity contribution is 9.10. The molecule has 104 valence electrons. The molecule has 5 heteroatoms. The number of hydrogen-bond acceptors (Lipinski definition) is 3. The summed E-state index contributed by atoms with van der Waals surface area (Å²) in [6.45, 7) is 3.05. The average molecular weight is 345 g/mol. The van der Waals surface area contributed by atoms with E-state index in [1.165, 1.54) is 19.4 Å². The summed E-state index contributed by atoms with van der Waals surface area (Å²) in [6, 6.07) is 6.56. The Hall–Kier alpha value is -0.290. The third-order valence-electron chi connectivity index (χ3n) is 4.52. The minimum absolute atomic E-state index is 0.0176. The highest BCUT2D eigenvalue weighted by Gasteiger charge is 2.48. The molecule has 3 N–H and O–H groups in total. The van der Waals surface area contributed by atoms with Gasteiger partial charge in [-0.3, -0.25) is 4.90 Å². The Balaban J connectivity index is 1.85. The van der Waals surface area contributed by atoms with Crippen LogP contribution in [0.15, 0.2) is 22.7 Å². The summed E-state index contributed by atoms with van der Waals surface area (Å²) in [7, 11) is 0. The molecule has 19 heavy (non-hydrogen) atoms. The quantitative estimate of drug-likeness (QED) is 0.885. The molecule has 2 aliphatic rings. The van der Waals surface area contributed by atoms with Gasteiger partial charge in [0.15, 0.2) is 0 Å². The number of anilines is 1. The Morgan fingerprint density at radius 3 is 3.05 bits per heavy atom. The van der Waals surface area contributed by atoms with Crippen molar-refractivity contribution in [3.05, 3.63) is 27.7 Å². The van der Waals surface area contributed by atoms with Crippen molar-refractivity contribution in [2.24, 2.45) is 5.73 Å². The standard InChI is InChI=1S/C14H19BrClN3/c15-11-8-10(3-4-12(11)16)18-14(9-17)5-7-19-6-1-2-13(14)19/h3-4,8,13,18H,1-2,5-7,9,17H2. The normalized spacial score (nSPS) is 30.6. The largest absolute Gasteiger partial charge is 0.377 e. The molecule has 1 aromatic rings. The van der Waals surface area contributed by atoms with Crippen molar-refractivity contribution in [2.75, 3.05) is 25.0 Å². The molecule has 0 saturated carbocycles. The zero-order chi connectivity index (χ0) is 13.5. The van der Waals surface area contributed by atoms with Gasteiger partial charge in [0.05, 0.1) is 10.6 Å². The third-order valence-corrected chi connectivity index (χ3v) is 5.74. The number of benzene rings is 1. The van der Waals surface area contributed by atoms with Gasteiger partial charge in [0.1, 0.15) is 0 Å². The fourth-order valence-corrected chi connectivity index (χ4v) is 4.02. The number of halogens is 2. The summed E-state index contributed by atoms with van der Waals surface area (Å²) in [5.41, 5.74) is 7.22. The first-order chi connectivity index (χ1) is 9.14. The Morgan fingerprint density at radius 1 is 1.47 bits per heavy atom. The summed E-state index contributed by atoms with van der Waals surface area (Å²) >= 11 is 9.53. The van der Waals surface area contributed by atoms with Crippen LogP contribution >= 0.6 is 27.5 Å². The van der Waals surface area contributed by atoms with E-state index < -0.39 is 0 Å². The smallest absolute Gasteiger partial charge is 0.0662 e. The lowest BCUT2D eigenvalue weighted by atomic mass is 9.88. The molecule has 3 rings (SSSR count). The molecule has 0 aliphatic carbocycles. The first-order valence-corrected chi connectivity index (χ1v) is 7.99. The number of hydrogen-bond donors (Lipinski definition) is 2. The van der Waals surface area contributed by atoms with Crippen LogP contribution in [-0.4, -0.2) is 36.1 Å². The number of nitrogens with one attached hydrogen (secondary N) is 1. The molecule has 2 heterocycles. The molecule has 0 amide bonds. The molecule has 1 aromatic carbocycles. The van der Waals surface area contributed by atoms with Gasteiger partial charge in [-0.1, -0.05) is 11.6 Å². The van der Waals surface area contributed by atoms with Crippen molar-refractivity contribution in [3.8, 4) is 0 Å². The van der Waals surface area contributed by atoms with Gasteiger partial charge in [-0.2, -0.15) is 0 Å². The van der Waals surface area contributed by atoms with Gasteiger partial charge in [-0.05, 0) is 59.9 Å². The molecule has 0 aromatic heterocycles. The first kappa shape index (κ1) is 13.7. The second-order valence-electron chi connectivity index (χ2n) is 5.56. The number of rotatable bonds is 3. The van der Waals surface area contributed by atoms with E-state index in [0.29, 0.717) is 12.6 Å². The van der Waals surface area contributed by atoms with E-state index in [1.807, 2.05) is 18.2 Å². The van der Waals surface area contributed by atoms with E-state index in [9.17, 15) is 0 Å². The fourth-order valence-electron chi connectivity index (χ4n) is 3.53. The maximum Gasteiger partial charge on any atom is 0.0662 e. The maximum atomic E-state index is 6.11. The monoisotopic (exact) mass is 343 g/mol. The first-order valence-electron chi connectivity index (χ1n) is 6.82. The van der Waals surface area contributed by atoms with Crippen LogP contribution in [0.1, 0.15) is 19.3 Å². The minimum Gasteiger partial charge on any atom is -0.377 e. The van der Waals surface area contributed by atoms with Crippen molar-refractivity contribution >= 4 is 33.2 Å². The molecular formula is C14H19BrClN3. The van der Waals surface area contributed by atoms with Gasteiger partial charge in [0.2, 0.25) is 0 Å². The lowest BCUT2D eigenvalue weighted by molar-refractivity contribution is 0.280. The number of fused-ring (bicyclic) bond motifs is 1. The van der Waals surface area contributed by atoms with E-state index >= 15 is 0 Å². The molecule has 2 unspecified atom stereocenters. The average Bonchev–Trinajstić information content (AvgIpc) is 2.98. The van der Waals surface area contributed by atoms with Gasteiger partial charge in [-0.15, -0.1) is 0 Å². The van der Waals surface area contributed by atoms with Crippen molar-refractivity contribution in [1.82, 2.24) is 4.90 Å². The number of nitrogens with zero attached hydrogens (tertiary/aromatic N) is 1. The van der Waals surface area contributed by atoms with Crippen LogP contribution < -0.4 is 11.1 Å². The van der Waals surface area contributed by atoms with E-state index in [-0.39, 0.29) is 5.54 Å². The van der Waals surface area contributed by atoms with Gasteiger partial charge in [0, 0.05) is 29.3 Å². The second-order valence-corrected chi connectivity index (χ2v) is 6.82. The summed E-state index contributed by atoms with van der Waals surface area (Å²) in [5.74, 6) is 0. The fraction of sp³-hybridized carbons (Fsp3) is 0.571. The molecule has 3 nitrogen and oxygen atoms in total. The van der Waals surface area contributed by atoms with E-state index in [2.05, 4.69) is 26.1 Å². The Bertz CT molecular complexity index is 482. The molecule has 0 bridgehead atoms. The number of nitrogens with two attached hydrogens (primary N) is 1. The summed E-state index contributed by atoms with van der Waals surface area (Å²) < 4.78 is 0.924. The molecular weight excluding hydrogens is 326 g/mol. The molecule has 2 fully saturated rings. The van der Waals surface area contributed by atoms with Crippen LogP contribution in [0.3, 0.4) is 0 Å². The van der Waals surface area contributed by atoms with Crippen LogP contribution in [-0.2, 0) is 0 Å². The SMILES string of the molecule is NCC1(Nc2ccc(Cl)c(Br)c2)CCN2CCCC21. The van der Waals surface area contributed by atoms with Gasteiger partial charge in [-0.25, -0.2) is 0 Å². The Morgan fingerprint density at radius 2 is 2.32 bits per heavy atom. The van der Waals surface area contributed by atoms with Crippen molar-refractivity contribution in [2.45, 2.75) is 30.8 Å². The summed E-state index contributed by atoms with van der Waals surface area (Å²) in [4.78, 5) is 2.57. The Labute approximate surface area is 127 Å². The zero-order valence-corrected chi connectivity index (χ0v) is 13.2. The summed E-state index contributed by atoms with van der Waals surface area (Å²) in [6.07, 6.45) is 3.66. The Kier molecular flexibility index (Phi) is 3.78. The molecule has 0 spiro atoms. The third kappa shape index (κ3) is 2.40. The van der Waals surface area contributed by atoms with Crippen molar-refractivity contribution in [1.29, 1.82) is 0 Å². The molecule has 2 aliphatic heterocycles. The highest BCUT2D eigenvalue weighted by atomic mass is 79.9. The van der Waals surface area contributed by atoms with Gasteiger partial charge >= 0.3 is 0 Å². The van der Waals surface area contributed by atoms with E-state index in [0.717, 1.165) is 28.1 Å². The highest BCUT2D eigenvalue weighted by Crippen LogP contribution is 2.38. The maximum absolute atomic E-state index is 6.11. The van der Waals surface area contributed by atoms with Gasteiger partial charge < -0.3 is 11.1 Å². The zero-order valence-electron chi connectivity index (χ0n) is 10.8. The lowest BCUT2D eigenvalue weighted by Gasteiger charge is -2.36. The van der Waals surface area contributed by atoms with E-state index in [1.54, 1.807) is 0 Å². The minimum atomic E-state index is 0.0176. The summed E-state index contributed by atoms with van der Waals surface area (Å²) in [5, 5.41) is 4.43. The predicted octanol–water partition coefficient (Wildman–Crippen LogP) is 3.08. The molecule has 2 saturated heterocycles. The van der Waals surface area contributed by atoms with Crippen LogP contribution in [0.4, 0.5) is 5.69 Å². The molecule has 0 radical (unpaired) electrons. The van der Waals surface area contributed by atoms with Crippen molar-refractivity contribution in [3.63, 3.8) is 0 Å². The predicted molar refractivity (Wildman–Crippen MR) is 83.8 cm³/mol. The molecule has 2 atom stereocenters. The van der Waals surface area contributed by atoms with E-state index in [4.69, 9.17) is 17.3 Å². The van der Waals surface area contributed by atoms with Crippen LogP contribution in [0.5, 0.6) is 0 Å². The van der Waals surface area contributed by atoms with Crippen LogP contribution in [0.2, 0.25) is 5.02 Å². The lowest BCUT2D eigenvalue weighted by Crippen LogP contribution is -2.53. The second kappa shape index (κ2) is 5.24. The van der Waals surface area contributed by atoms with Gasteiger partial charge in [0.25, 0.3) is 0 Å². The van der Waals surface area contributed by atoms with Crippen molar-refractivity contribution < 1.29 is 0 Å². The van der Waals surface area contributed by atoms with Crippen LogP contribution in [0, 0.1) is 0 Å². The van der Waals surface area contributed by atoms with Crippen LogP contribution in [0.25, 0.3) is 0 Å².